The summed E-state index contributed by atoms with van der Waals surface area (Å²) in [5.41, 5.74) is 10.7. The van der Waals surface area contributed by atoms with E-state index >= 15 is 0 Å². The number of aliphatic imine (C=N–C) groups is 1. The zero-order chi connectivity index (χ0) is 40.4. The summed E-state index contributed by atoms with van der Waals surface area (Å²) < 4.78 is 15.5. The van der Waals surface area contributed by atoms with E-state index in [-0.39, 0.29) is 35.7 Å². The topological polar surface area (TPSA) is 155 Å². The van der Waals surface area contributed by atoms with Crippen LogP contribution >= 0.6 is 0 Å². The molecule has 0 spiro atoms. The van der Waals surface area contributed by atoms with Crippen molar-refractivity contribution in [1.29, 1.82) is 0 Å². The van der Waals surface area contributed by atoms with Gasteiger partial charge in [-0.25, -0.2) is 9.59 Å². The highest BCUT2D eigenvalue weighted by molar-refractivity contribution is 6.04. The number of hydrogen-bond acceptors (Lipinski definition) is 8. The normalized spacial score (nSPS) is 20.0. The van der Waals surface area contributed by atoms with Crippen molar-refractivity contribution in [2.45, 2.75) is 97.2 Å². The Morgan fingerprint density at radius 2 is 1.21 bits per heavy atom. The molecule has 13 nitrogen and oxygen atoms in total. The van der Waals surface area contributed by atoms with Crippen LogP contribution in [-0.4, -0.2) is 89.9 Å². The number of allylic oxidation sites excluding steroid dienone is 1. The zero-order valence-corrected chi connectivity index (χ0v) is 33.7. The van der Waals surface area contributed by atoms with Gasteiger partial charge in [-0.15, -0.1) is 0 Å². The molecule has 1 aromatic heterocycles. The Labute approximate surface area is 334 Å². The third kappa shape index (κ3) is 8.07. The standard InChI is InChI=1S/C44H54N6O7/c1-25(2)37(47-43(53)55-5)41(51)49-19-7-9-35(49)34-21-31(22-45-34)29-13-11-27(12-14-29)28-15-17-30(18-16-28)39-32-23-57-24-33(32)40(46-39)36-10-8-20-50(36)42(52)38(26(3)4)48-44(54)56-6/h11-18,22,25-26,35-38,46H,7-10,19-21,23-24H2,1-6H3,(H,47,53)(H,48,54)/t35-,36?,37-,38-/m0/s1. The molecule has 13 heteroatoms. The first-order valence-electron chi connectivity index (χ1n) is 20.1. The number of likely N-dealkylation sites (tertiary alicyclic amines) is 2. The number of amides is 4. The third-order valence-corrected chi connectivity index (χ3v) is 11.8. The Balaban J connectivity index is 1.02. The van der Waals surface area contributed by atoms with Crippen molar-refractivity contribution in [3.63, 3.8) is 0 Å². The van der Waals surface area contributed by atoms with Gasteiger partial charge in [0, 0.05) is 48.2 Å². The molecule has 2 saturated heterocycles. The summed E-state index contributed by atoms with van der Waals surface area (Å²) in [5, 5.41) is 5.46. The van der Waals surface area contributed by atoms with Crippen LogP contribution in [0.15, 0.2) is 59.7 Å². The number of carbonyl (C=O) groups is 4. The van der Waals surface area contributed by atoms with Crippen LogP contribution in [0, 0.1) is 11.8 Å². The number of nitrogens with zero attached hydrogens (tertiary/aromatic N) is 3. The van der Waals surface area contributed by atoms with E-state index in [1.165, 1.54) is 14.2 Å². The highest BCUT2D eigenvalue weighted by Gasteiger charge is 2.40. The van der Waals surface area contributed by atoms with Crippen molar-refractivity contribution in [2.24, 2.45) is 16.8 Å². The first-order chi connectivity index (χ1) is 27.5. The van der Waals surface area contributed by atoms with Crippen LogP contribution in [0.3, 0.4) is 0 Å². The number of benzene rings is 2. The van der Waals surface area contributed by atoms with Gasteiger partial charge in [0.05, 0.1) is 45.2 Å². The van der Waals surface area contributed by atoms with Crippen molar-refractivity contribution < 1.29 is 33.4 Å². The average molecular weight is 779 g/mol. The molecule has 3 N–H and O–H groups in total. The number of hydrogen-bond donors (Lipinski definition) is 3. The molecule has 4 atom stereocenters. The van der Waals surface area contributed by atoms with Gasteiger partial charge in [-0.2, -0.15) is 0 Å². The van der Waals surface area contributed by atoms with Gasteiger partial charge in [0.15, 0.2) is 0 Å². The molecule has 5 heterocycles. The smallest absolute Gasteiger partial charge is 0.407 e. The fourth-order valence-corrected chi connectivity index (χ4v) is 8.71. The lowest BCUT2D eigenvalue weighted by Gasteiger charge is -2.31. The van der Waals surface area contributed by atoms with Crippen molar-refractivity contribution >= 4 is 35.3 Å². The second-order valence-corrected chi connectivity index (χ2v) is 16.1. The summed E-state index contributed by atoms with van der Waals surface area (Å²) in [5.74, 6) is -0.389. The van der Waals surface area contributed by atoms with Crippen molar-refractivity contribution in [1.82, 2.24) is 25.4 Å². The van der Waals surface area contributed by atoms with Crippen molar-refractivity contribution in [3.05, 3.63) is 77.1 Å². The highest BCUT2D eigenvalue weighted by Crippen LogP contribution is 2.42. The maximum Gasteiger partial charge on any atom is 0.407 e. The summed E-state index contributed by atoms with van der Waals surface area (Å²) in [7, 11) is 2.60. The van der Waals surface area contributed by atoms with Crippen LogP contribution in [0.2, 0.25) is 0 Å². The Morgan fingerprint density at radius 1 is 0.719 bits per heavy atom. The number of aromatic amines is 1. The number of methoxy groups -OCH3 is 2. The second-order valence-electron chi connectivity index (χ2n) is 16.1. The molecule has 4 aliphatic rings. The Morgan fingerprint density at radius 3 is 1.75 bits per heavy atom. The van der Waals surface area contributed by atoms with E-state index in [1.54, 1.807) is 0 Å². The molecular formula is C44H54N6O7. The second kappa shape index (κ2) is 17.0. The largest absolute Gasteiger partial charge is 0.453 e. The zero-order valence-electron chi connectivity index (χ0n) is 33.7. The molecule has 1 unspecified atom stereocenters. The Kier molecular flexibility index (Phi) is 11.8. The first kappa shape index (κ1) is 39.8. The molecule has 7 rings (SSSR count). The molecule has 302 valence electrons. The van der Waals surface area contributed by atoms with E-state index < -0.39 is 24.3 Å². The summed E-state index contributed by atoms with van der Waals surface area (Å²) in [6.07, 6.45) is 4.80. The molecule has 57 heavy (non-hydrogen) atoms. The van der Waals surface area contributed by atoms with Gasteiger partial charge in [-0.05, 0) is 65.3 Å². The van der Waals surface area contributed by atoms with Gasteiger partial charge < -0.3 is 39.6 Å². The molecule has 4 aliphatic heterocycles. The Bertz CT molecular complexity index is 2050. The number of carbonyl (C=O) groups excluding carboxylic acids is 4. The van der Waals surface area contributed by atoms with Gasteiger partial charge in [-0.1, -0.05) is 76.2 Å². The molecule has 3 aromatic rings. The fraction of sp³-hybridized carbons (Fsp3) is 0.477. The molecule has 0 saturated carbocycles. The lowest BCUT2D eigenvalue weighted by molar-refractivity contribution is -0.135. The monoisotopic (exact) mass is 778 g/mol. The van der Waals surface area contributed by atoms with Crippen LogP contribution in [0.25, 0.3) is 28.0 Å². The molecule has 4 amide bonds. The number of nitrogens with one attached hydrogen (secondary N) is 3. The van der Waals surface area contributed by atoms with E-state index in [0.717, 1.165) is 81.7 Å². The maximum absolute atomic E-state index is 13.8. The molecule has 0 aliphatic carbocycles. The predicted molar refractivity (Wildman–Crippen MR) is 217 cm³/mol. The van der Waals surface area contributed by atoms with Gasteiger partial charge >= 0.3 is 12.2 Å². The van der Waals surface area contributed by atoms with Gasteiger partial charge in [-0.3, -0.25) is 14.6 Å². The van der Waals surface area contributed by atoms with Crippen LogP contribution in [0.5, 0.6) is 0 Å². The molecule has 2 fully saturated rings. The molecule has 0 bridgehead atoms. The van der Waals surface area contributed by atoms with Crippen molar-refractivity contribution in [2.75, 3.05) is 27.3 Å². The van der Waals surface area contributed by atoms with Gasteiger partial charge in [0.1, 0.15) is 12.1 Å². The van der Waals surface area contributed by atoms with E-state index in [1.807, 2.05) is 43.7 Å². The van der Waals surface area contributed by atoms with Crippen molar-refractivity contribution in [3.8, 4) is 22.4 Å². The summed E-state index contributed by atoms with van der Waals surface area (Å²) in [6, 6.07) is 15.5. The SMILES string of the molecule is COC(=O)N[C@H](C(=O)N1CCCC1c1[nH]c(-c2ccc(-c3ccc(C4=CN=C([C@@H]5CCCN5C(=O)[C@@H](NC(=O)OC)C(C)C)C4)cc3)cc2)c2c1COC2)C(C)C. The van der Waals surface area contributed by atoms with E-state index in [4.69, 9.17) is 19.2 Å². The maximum atomic E-state index is 13.8. The number of H-pyrrole nitrogens is 1. The number of aromatic nitrogens is 1. The van der Waals surface area contributed by atoms with Crippen LogP contribution in [0.4, 0.5) is 9.59 Å². The summed E-state index contributed by atoms with van der Waals surface area (Å²) in [4.78, 5) is 63.8. The minimum Gasteiger partial charge on any atom is -0.453 e. The number of rotatable bonds is 11. The molecule has 2 aromatic carbocycles. The first-order valence-corrected chi connectivity index (χ1v) is 20.1. The summed E-state index contributed by atoms with van der Waals surface area (Å²) >= 11 is 0. The quantitative estimate of drug-likeness (QED) is 0.190. The van der Waals surface area contributed by atoms with E-state index in [9.17, 15) is 19.2 Å². The lowest BCUT2D eigenvalue weighted by Crippen LogP contribution is -2.53. The molecule has 0 radical (unpaired) electrons. The highest BCUT2D eigenvalue weighted by atomic mass is 16.5. The number of alkyl carbamates (subject to hydrolysis) is 2. The lowest BCUT2D eigenvalue weighted by atomic mass is 9.95. The third-order valence-electron chi connectivity index (χ3n) is 11.8. The average Bonchev–Trinajstić information content (AvgIpc) is 4.07. The van der Waals surface area contributed by atoms with E-state index in [2.05, 4.69) is 64.1 Å². The summed E-state index contributed by atoms with van der Waals surface area (Å²) in [6.45, 7) is 9.93. The minimum absolute atomic E-state index is 0.0853. The molecular weight excluding hydrogens is 725 g/mol. The minimum atomic E-state index is -0.680. The number of fused-ring (bicyclic) bond motifs is 1. The van der Waals surface area contributed by atoms with Gasteiger partial charge in [0.2, 0.25) is 11.8 Å². The Hall–Kier alpha value is -5.43. The van der Waals surface area contributed by atoms with E-state index in [0.29, 0.717) is 32.7 Å². The van der Waals surface area contributed by atoms with Gasteiger partial charge in [0.25, 0.3) is 0 Å². The van der Waals surface area contributed by atoms with Crippen LogP contribution < -0.4 is 10.6 Å². The van der Waals surface area contributed by atoms with Crippen LogP contribution in [0.1, 0.15) is 88.2 Å². The van der Waals surface area contributed by atoms with Crippen LogP contribution in [-0.2, 0) is 37.0 Å². The fourth-order valence-electron chi connectivity index (χ4n) is 8.71. The predicted octanol–water partition coefficient (Wildman–Crippen LogP) is 6.98. The number of ether oxygens (including phenoxy) is 3.